The number of rotatable bonds is 4. The Morgan fingerprint density at radius 3 is 2.62 bits per heavy atom. The number of aryl methyl sites for hydroxylation is 2. The zero-order valence-electron chi connectivity index (χ0n) is 10.3. The summed E-state index contributed by atoms with van der Waals surface area (Å²) in [7, 11) is 1.51. The number of amides is 1. The zero-order valence-corrected chi connectivity index (χ0v) is 10.3. The van der Waals surface area contributed by atoms with Crippen LogP contribution in [0.15, 0.2) is 18.2 Å². The maximum atomic E-state index is 11.3. The molecule has 3 heteroatoms. The molecule has 0 aromatic heterocycles. The van der Waals surface area contributed by atoms with Crippen LogP contribution >= 0.6 is 0 Å². The molecule has 0 radical (unpaired) electrons. The van der Waals surface area contributed by atoms with Crippen molar-refractivity contribution in [3.05, 3.63) is 34.9 Å². The van der Waals surface area contributed by atoms with E-state index in [1.807, 2.05) is 13.0 Å². The number of nitrogens with one attached hydrogen (secondary N) is 1. The van der Waals surface area contributed by atoms with Crippen molar-refractivity contribution in [2.45, 2.75) is 26.8 Å². The van der Waals surface area contributed by atoms with Crippen LogP contribution in [-0.4, -0.2) is 19.6 Å². The molecule has 0 bridgehead atoms. The Labute approximate surface area is 96.8 Å². The first-order valence-electron chi connectivity index (χ1n) is 5.40. The van der Waals surface area contributed by atoms with Gasteiger partial charge in [0.05, 0.1) is 6.04 Å². The third-order valence-electron chi connectivity index (χ3n) is 2.68. The van der Waals surface area contributed by atoms with E-state index in [0.717, 1.165) is 5.56 Å². The molecule has 3 nitrogen and oxygen atoms in total. The van der Waals surface area contributed by atoms with E-state index in [1.54, 1.807) is 0 Å². The molecule has 88 valence electrons. The highest BCUT2D eigenvalue weighted by molar-refractivity contribution is 5.77. The number of carbonyl (C=O) groups excluding carboxylic acids is 1. The predicted octanol–water partition coefficient (Wildman–Crippen LogP) is 2.13. The first kappa shape index (κ1) is 12.7. The molecule has 1 aromatic carbocycles. The van der Waals surface area contributed by atoms with Gasteiger partial charge in [-0.1, -0.05) is 18.2 Å². The maximum absolute atomic E-state index is 11.3. The third kappa shape index (κ3) is 3.35. The molecule has 0 aliphatic rings. The van der Waals surface area contributed by atoms with E-state index >= 15 is 0 Å². The second-order valence-corrected chi connectivity index (χ2v) is 4.07. The van der Waals surface area contributed by atoms with Crippen LogP contribution in [0.5, 0.6) is 0 Å². The normalized spacial score (nSPS) is 12.2. The molecule has 1 rings (SSSR count). The molecular formula is C13H19NO2. The molecule has 0 fully saturated rings. The largest absolute Gasteiger partial charge is 0.375 e. The van der Waals surface area contributed by atoms with Gasteiger partial charge in [-0.05, 0) is 37.5 Å². The fourth-order valence-corrected chi connectivity index (χ4v) is 1.53. The van der Waals surface area contributed by atoms with Crippen LogP contribution in [0.4, 0.5) is 0 Å². The van der Waals surface area contributed by atoms with Gasteiger partial charge in [-0.2, -0.15) is 0 Å². The number of hydrogen-bond donors (Lipinski definition) is 1. The summed E-state index contributed by atoms with van der Waals surface area (Å²) in [5, 5.41) is 2.88. The van der Waals surface area contributed by atoms with Gasteiger partial charge < -0.3 is 10.1 Å². The highest BCUT2D eigenvalue weighted by atomic mass is 16.5. The molecule has 1 unspecified atom stereocenters. The molecule has 0 saturated heterocycles. The fourth-order valence-electron chi connectivity index (χ4n) is 1.53. The molecule has 1 aromatic rings. The van der Waals surface area contributed by atoms with Gasteiger partial charge in [0.1, 0.15) is 6.61 Å². The molecule has 0 aliphatic carbocycles. The number of ether oxygens (including phenoxy) is 1. The molecular weight excluding hydrogens is 202 g/mol. The lowest BCUT2D eigenvalue weighted by Gasteiger charge is -2.15. The lowest BCUT2D eigenvalue weighted by Crippen LogP contribution is -2.29. The van der Waals surface area contributed by atoms with Crippen LogP contribution in [0.25, 0.3) is 0 Å². The van der Waals surface area contributed by atoms with Crippen molar-refractivity contribution in [2.75, 3.05) is 13.7 Å². The Morgan fingerprint density at radius 1 is 1.38 bits per heavy atom. The number of hydrogen-bond acceptors (Lipinski definition) is 2. The average molecular weight is 221 g/mol. The molecule has 1 amide bonds. The molecule has 16 heavy (non-hydrogen) atoms. The molecule has 0 aliphatic heterocycles. The van der Waals surface area contributed by atoms with Crippen molar-refractivity contribution < 1.29 is 9.53 Å². The van der Waals surface area contributed by atoms with Gasteiger partial charge in [-0.3, -0.25) is 4.79 Å². The Morgan fingerprint density at radius 2 is 2.06 bits per heavy atom. The van der Waals surface area contributed by atoms with Crippen LogP contribution in [-0.2, 0) is 9.53 Å². The first-order valence-corrected chi connectivity index (χ1v) is 5.40. The van der Waals surface area contributed by atoms with Crippen LogP contribution in [0.1, 0.15) is 29.7 Å². The van der Waals surface area contributed by atoms with Crippen molar-refractivity contribution >= 4 is 5.91 Å². The van der Waals surface area contributed by atoms with E-state index in [-0.39, 0.29) is 18.6 Å². The van der Waals surface area contributed by atoms with E-state index in [2.05, 4.69) is 31.3 Å². The summed E-state index contributed by atoms with van der Waals surface area (Å²) in [4.78, 5) is 11.3. The number of benzene rings is 1. The lowest BCUT2D eigenvalue weighted by atomic mass is 10.0. The lowest BCUT2D eigenvalue weighted by molar-refractivity contribution is -0.125. The van der Waals surface area contributed by atoms with Crippen molar-refractivity contribution in [2.24, 2.45) is 0 Å². The van der Waals surface area contributed by atoms with Crippen LogP contribution in [0, 0.1) is 13.8 Å². The average Bonchev–Trinajstić information content (AvgIpc) is 2.22. The Bertz CT molecular complexity index is 374. The van der Waals surface area contributed by atoms with Crippen molar-refractivity contribution in [3.8, 4) is 0 Å². The second-order valence-electron chi connectivity index (χ2n) is 4.07. The summed E-state index contributed by atoms with van der Waals surface area (Å²) < 4.78 is 4.77. The van der Waals surface area contributed by atoms with E-state index in [4.69, 9.17) is 4.74 Å². The molecule has 0 heterocycles. The van der Waals surface area contributed by atoms with Gasteiger partial charge in [0, 0.05) is 7.11 Å². The minimum Gasteiger partial charge on any atom is -0.375 e. The third-order valence-corrected chi connectivity index (χ3v) is 2.68. The topological polar surface area (TPSA) is 38.3 Å². The fraction of sp³-hybridized carbons (Fsp3) is 0.462. The summed E-state index contributed by atoms with van der Waals surface area (Å²) >= 11 is 0. The number of carbonyl (C=O) groups is 1. The zero-order chi connectivity index (χ0) is 12.1. The van der Waals surface area contributed by atoms with Gasteiger partial charge >= 0.3 is 0 Å². The molecule has 1 atom stereocenters. The maximum Gasteiger partial charge on any atom is 0.246 e. The molecule has 1 N–H and O–H groups in total. The van der Waals surface area contributed by atoms with E-state index in [1.165, 1.54) is 18.2 Å². The van der Waals surface area contributed by atoms with E-state index in [0.29, 0.717) is 0 Å². The highest BCUT2D eigenvalue weighted by Crippen LogP contribution is 2.16. The van der Waals surface area contributed by atoms with Crippen molar-refractivity contribution in [1.82, 2.24) is 5.32 Å². The van der Waals surface area contributed by atoms with Crippen LogP contribution < -0.4 is 5.32 Å². The van der Waals surface area contributed by atoms with Gasteiger partial charge in [0.2, 0.25) is 5.91 Å². The minimum absolute atomic E-state index is 0.0157. The monoisotopic (exact) mass is 221 g/mol. The summed E-state index contributed by atoms with van der Waals surface area (Å²) in [6, 6.07) is 6.23. The SMILES string of the molecule is COCC(=O)NC(C)c1ccc(C)c(C)c1. The van der Waals surface area contributed by atoms with Crippen molar-refractivity contribution in [1.29, 1.82) is 0 Å². The van der Waals surface area contributed by atoms with Gasteiger partial charge in [0.25, 0.3) is 0 Å². The highest BCUT2D eigenvalue weighted by Gasteiger charge is 2.09. The van der Waals surface area contributed by atoms with E-state index in [9.17, 15) is 4.79 Å². The van der Waals surface area contributed by atoms with Gasteiger partial charge in [-0.15, -0.1) is 0 Å². The van der Waals surface area contributed by atoms with Crippen molar-refractivity contribution in [3.63, 3.8) is 0 Å². The Kier molecular flexibility index (Phi) is 4.50. The van der Waals surface area contributed by atoms with Gasteiger partial charge in [0.15, 0.2) is 0 Å². The summed E-state index contributed by atoms with van der Waals surface area (Å²) in [5.41, 5.74) is 3.62. The second kappa shape index (κ2) is 5.66. The summed E-state index contributed by atoms with van der Waals surface area (Å²) in [6.45, 7) is 6.22. The number of methoxy groups -OCH3 is 1. The molecule has 0 spiro atoms. The quantitative estimate of drug-likeness (QED) is 0.845. The van der Waals surface area contributed by atoms with E-state index < -0.39 is 0 Å². The Balaban J connectivity index is 2.69. The van der Waals surface area contributed by atoms with Crippen LogP contribution in [0.2, 0.25) is 0 Å². The Hall–Kier alpha value is -1.35. The smallest absolute Gasteiger partial charge is 0.246 e. The summed E-state index contributed by atoms with van der Waals surface area (Å²) in [6.07, 6.45) is 0. The summed E-state index contributed by atoms with van der Waals surface area (Å²) in [5.74, 6) is -0.0896. The van der Waals surface area contributed by atoms with Gasteiger partial charge in [-0.25, -0.2) is 0 Å². The first-order chi connectivity index (χ1) is 7.54. The predicted molar refractivity (Wildman–Crippen MR) is 64.3 cm³/mol. The van der Waals surface area contributed by atoms with Crippen LogP contribution in [0.3, 0.4) is 0 Å². The molecule has 0 saturated carbocycles. The standard InChI is InChI=1S/C13H19NO2/c1-9-5-6-12(7-10(9)2)11(3)14-13(15)8-16-4/h5-7,11H,8H2,1-4H3,(H,14,15). The minimum atomic E-state index is -0.0896.